The Morgan fingerprint density at radius 2 is 2.28 bits per heavy atom. The summed E-state index contributed by atoms with van der Waals surface area (Å²) in [6, 6.07) is 0. The van der Waals surface area contributed by atoms with Crippen molar-refractivity contribution in [1.29, 1.82) is 0 Å². The lowest BCUT2D eigenvalue weighted by Gasteiger charge is -2.04. The molecule has 0 spiro atoms. The second-order valence-corrected chi connectivity index (χ2v) is 3.89. The number of imidazole rings is 1. The molecule has 0 aliphatic carbocycles. The van der Waals surface area contributed by atoms with Crippen molar-refractivity contribution >= 4 is 22.9 Å². The largest absolute Gasteiger partial charge is 0.385 e. The zero-order chi connectivity index (χ0) is 13.0. The lowest BCUT2D eigenvalue weighted by atomic mass is 10.3. The van der Waals surface area contributed by atoms with Crippen LogP contribution < -0.4 is 5.32 Å². The minimum absolute atomic E-state index is 0.0993. The summed E-state index contributed by atoms with van der Waals surface area (Å²) in [5, 5.41) is 2.74. The highest BCUT2D eigenvalue weighted by Gasteiger charge is 2.10. The highest BCUT2D eigenvalue weighted by Crippen LogP contribution is 2.16. The van der Waals surface area contributed by atoms with Crippen LogP contribution in [0, 0.1) is 0 Å². The maximum Gasteiger partial charge on any atom is 0.225 e. The van der Waals surface area contributed by atoms with Crippen molar-refractivity contribution in [2.45, 2.75) is 12.8 Å². The van der Waals surface area contributed by atoms with E-state index in [0.717, 1.165) is 0 Å². The molecule has 1 amide bonds. The Labute approximate surface area is 104 Å². The van der Waals surface area contributed by atoms with Gasteiger partial charge in [0.15, 0.2) is 17.0 Å². The standard InChI is InChI=1S/C11H15N5O2/c1-16-7-14-9-10(12-6-13-11(9)16)15-8(17)4-3-5-18-2/h6-7H,3-5H2,1-2H3,(H,12,13,15,17). The van der Waals surface area contributed by atoms with Crippen molar-refractivity contribution in [1.82, 2.24) is 19.5 Å². The molecule has 1 N–H and O–H groups in total. The third kappa shape index (κ3) is 2.62. The van der Waals surface area contributed by atoms with Crippen LogP contribution in [0.5, 0.6) is 0 Å². The number of rotatable bonds is 5. The van der Waals surface area contributed by atoms with Crippen LogP contribution in [0.25, 0.3) is 11.2 Å². The fourth-order valence-electron chi connectivity index (χ4n) is 1.61. The molecule has 2 heterocycles. The smallest absolute Gasteiger partial charge is 0.225 e. The third-order valence-electron chi connectivity index (χ3n) is 2.51. The maximum absolute atomic E-state index is 11.7. The van der Waals surface area contributed by atoms with Gasteiger partial charge in [0.1, 0.15) is 6.33 Å². The van der Waals surface area contributed by atoms with Crippen LogP contribution in [-0.2, 0) is 16.6 Å². The molecular weight excluding hydrogens is 234 g/mol. The van der Waals surface area contributed by atoms with Gasteiger partial charge in [0.2, 0.25) is 5.91 Å². The maximum atomic E-state index is 11.7. The molecule has 7 heteroatoms. The molecule has 18 heavy (non-hydrogen) atoms. The summed E-state index contributed by atoms with van der Waals surface area (Å²) in [6.45, 7) is 0.566. The summed E-state index contributed by atoms with van der Waals surface area (Å²) in [5.74, 6) is 0.348. The highest BCUT2D eigenvalue weighted by atomic mass is 16.5. The number of amides is 1. The molecule has 2 aromatic heterocycles. The Morgan fingerprint density at radius 3 is 3.06 bits per heavy atom. The van der Waals surface area contributed by atoms with Crippen molar-refractivity contribution in [3.05, 3.63) is 12.7 Å². The average Bonchev–Trinajstić information content (AvgIpc) is 2.73. The summed E-state index contributed by atoms with van der Waals surface area (Å²) >= 11 is 0. The van der Waals surface area contributed by atoms with Crippen molar-refractivity contribution in [3.63, 3.8) is 0 Å². The molecule has 0 saturated carbocycles. The molecular formula is C11H15N5O2. The predicted molar refractivity (Wildman–Crippen MR) is 66.0 cm³/mol. The number of anilines is 1. The van der Waals surface area contributed by atoms with E-state index >= 15 is 0 Å². The van der Waals surface area contributed by atoms with Gasteiger partial charge < -0.3 is 14.6 Å². The second-order valence-electron chi connectivity index (χ2n) is 3.89. The first-order valence-corrected chi connectivity index (χ1v) is 5.63. The van der Waals surface area contributed by atoms with Crippen molar-refractivity contribution in [2.24, 2.45) is 7.05 Å². The van der Waals surface area contributed by atoms with E-state index in [9.17, 15) is 4.79 Å². The zero-order valence-corrected chi connectivity index (χ0v) is 10.4. The van der Waals surface area contributed by atoms with Crippen LogP contribution in [0.4, 0.5) is 5.82 Å². The van der Waals surface area contributed by atoms with Gasteiger partial charge in [-0.2, -0.15) is 0 Å². The number of hydrogen-bond donors (Lipinski definition) is 1. The second kappa shape index (κ2) is 5.54. The quantitative estimate of drug-likeness (QED) is 0.790. The van der Waals surface area contributed by atoms with Gasteiger partial charge in [0.25, 0.3) is 0 Å². The average molecular weight is 249 g/mol. The number of ether oxygens (including phenoxy) is 1. The minimum Gasteiger partial charge on any atom is -0.385 e. The van der Waals surface area contributed by atoms with E-state index in [2.05, 4.69) is 20.3 Å². The molecule has 7 nitrogen and oxygen atoms in total. The highest BCUT2D eigenvalue weighted by molar-refractivity contribution is 5.96. The van der Waals surface area contributed by atoms with E-state index in [0.29, 0.717) is 36.4 Å². The fourth-order valence-corrected chi connectivity index (χ4v) is 1.61. The van der Waals surface area contributed by atoms with Gasteiger partial charge >= 0.3 is 0 Å². The molecule has 0 atom stereocenters. The van der Waals surface area contributed by atoms with Gasteiger partial charge in [0.05, 0.1) is 6.33 Å². The number of fused-ring (bicyclic) bond motifs is 1. The summed E-state index contributed by atoms with van der Waals surface area (Å²) < 4.78 is 6.67. The van der Waals surface area contributed by atoms with Crippen molar-refractivity contribution in [3.8, 4) is 0 Å². The Morgan fingerprint density at radius 1 is 1.44 bits per heavy atom. The van der Waals surface area contributed by atoms with E-state index in [1.165, 1.54) is 6.33 Å². The number of nitrogens with zero attached hydrogens (tertiary/aromatic N) is 4. The molecule has 0 radical (unpaired) electrons. The number of nitrogens with one attached hydrogen (secondary N) is 1. The lowest BCUT2D eigenvalue weighted by Crippen LogP contribution is -2.13. The molecule has 0 unspecified atom stereocenters. The number of aryl methyl sites for hydroxylation is 1. The molecule has 2 aromatic rings. The molecule has 0 aromatic carbocycles. The van der Waals surface area contributed by atoms with E-state index in [4.69, 9.17) is 4.74 Å². The molecule has 2 rings (SSSR count). The summed E-state index contributed by atoms with van der Waals surface area (Å²) in [4.78, 5) is 24.0. The topological polar surface area (TPSA) is 81.9 Å². The van der Waals surface area contributed by atoms with Crippen LogP contribution in [0.3, 0.4) is 0 Å². The Hall–Kier alpha value is -2.02. The van der Waals surface area contributed by atoms with E-state index < -0.39 is 0 Å². The van der Waals surface area contributed by atoms with E-state index in [1.54, 1.807) is 18.0 Å². The first-order chi connectivity index (χ1) is 8.72. The molecule has 0 fully saturated rings. The van der Waals surface area contributed by atoms with Gasteiger partial charge in [-0.1, -0.05) is 0 Å². The first-order valence-electron chi connectivity index (χ1n) is 5.63. The van der Waals surface area contributed by atoms with Gasteiger partial charge in [-0.25, -0.2) is 15.0 Å². The first kappa shape index (κ1) is 12.4. The van der Waals surface area contributed by atoms with Gasteiger partial charge in [-0.3, -0.25) is 4.79 Å². The molecule has 0 aliphatic rings. The normalized spacial score (nSPS) is 10.8. The Balaban J connectivity index is 2.09. The Bertz CT molecular complexity index is 551. The van der Waals surface area contributed by atoms with Gasteiger partial charge in [-0.15, -0.1) is 0 Å². The number of carbonyl (C=O) groups is 1. The monoisotopic (exact) mass is 249 g/mol. The van der Waals surface area contributed by atoms with Crippen molar-refractivity contribution in [2.75, 3.05) is 19.0 Å². The summed E-state index contributed by atoms with van der Waals surface area (Å²) in [5.41, 5.74) is 1.29. The van der Waals surface area contributed by atoms with Gasteiger partial charge in [-0.05, 0) is 6.42 Å². The molecule has 0 bridgehead atoms. The van der Waals surface area contributed by atoms with Gasteiger partial charge in [0, 0.05) is 27.2 Å². The van der Waals surface area contributed by atoms with Crippen LogP contribution in [0.1, 0.15) is 12.8 Å². The Kier molecular flexibility index (Phi) is 3.83. The van der Waals surface area contributed by atoms with Crippen LogP contribution >= 0.6 is 0 Å². The molecule has 96 valence electrons. The third-order valence-corrected chi connectivity index (χ3v) is 2.51. The van der Waals surface area contributed by atoms with Crippen LogP contribution in [0.15, 0.2) is 12.7 Å². The number of aromatic nitrogens is 4. The van der Waals surface area contributed by atoms with Crippen molar-refractivity contribution < 1.29 is 9.53 Å². The number of hydrogen-bond acceptors (Lipinski definition) is 5. The lowest BCUT2D eigenvalue weighted by molar-refractivity contribution is -0.116. The number of carbonyl (C=O) groups excluding carboxylic acids is 1. The molecule has 0 aliphatic heterocycles. The van der Waals surface area contributed by atoms with Crippen LogP contribution in [-0.4, -0.2) is 39.1 Å². The summed E-state index contributed by atoms with van der Waals surface area (Å²) in [6.07, 6.45) is 4.12. The molecule has 0 saturated heterocycles. The van der Waals surface area contributed by atoms with E-state index in [1.807, 2.05) is 7.05 Å². The fraction of sp³-hybridized carbons (Fsp3) is 0.455. The van der Waals surface area contributed by atoms with E-state index in [-0.39, 0.29) is 5.91 Å². The zero-order valence-electron chi connectivity index (χ0n) is 10.4. The van der Waals surface area contributed by atoms with Crippen LogP contribution in [0.2, 0.25) is 0 Å². The SMILES string of the molecule is COCCCC(=O)Nc1ncnc2c1ncn2C. The minimum atomic E-state index is -0.0993. The predicted octanol–water partition coefficient (Wildman–Crippen LogP) is 0.728. The number of methoxy groups -OCH3 is 1. The summed E-state index contributed by atoms with van der Waals surface area (Å²) in [7, 11) is 3.45.